The van der Waals surface area contributed by atoms with E-state index in [1.807, 2.05) is 0 Å². The number of pyridine rings is 1. The molecule has 14 heteroatoms. The minimum absolute atomic E-state index is 0.118. The molecule has 3 aromatic rings. The molecule has 4 rings (SSSR count). The van der Waals surface area contributed by atoms with E-state index in [2.05, 4.69) is 25.5 Å². The molecule has 3 heterocycles. The molecule has 0 saturated carbocycles. The minimum Gasteiger partial charge on any atom is -0.403 e. The third-order valence-corrected chi connectivity index (χ3v) is 4.89. The molecule has 0 unspecified atom stereocenters. The van der Waals surface area contributed by atoms with Crippen LogP contribution in [0.5, 0.6) is 5.75 Å². The molecule has 3 amide bonds. The number of anilines is 2. The Morgan fingerprint density at radius 3 is 2.74 bits per heavy atom. The van der Waals surface area contributed by atoms with Gasteiger partial charge in [-0.15, -0.1) is 13.2 Å². The summed E-state index contributed by atoms with van der Waals surface area (Å²) in [6, 6.07) is 5.90. The molecule has 0 bridgehead atoms. The zero-order valence-corrected chi connectivity index (χ0v) is 18.0. The number of halogens is 4. The molecular formula is C21H18F4N6O4. The number of alkyl halides is 3. The van der Waals surface area contributed by atoms with Crippen LogP contribution in [0.2, 0.25) is 0 Å². The topological polar surface area (TPSA) is 111 Å². The minimum atomic E-state index is -5.06. The highest BCUT2D eigenvalue weighted by Gasteiger charge is 2.33. The molecule has 0 aliphatic carbocycles. The van der Waals surface area contributed by atoms with E-state index in [-0.39, 0.29) is 30.2 Å². The zero-order chi connectivity index (χ0) is 25.2. The Morgan fingerprint density at radius 1 is 1.29 bits per heavy atom. The van der Waals surface area contributed by atoms with Crippen LogP contribution < -0.4 is 20.3 Å². The largest absolute Gasteiger partial charge is 0.573 e. The summed E-state index contributed by atoms with van der Waals surface area (Å²) in [6.45, 7) is -0.501. The lowest BCUT2D eigenvalue weighted by atomic mass is 10.1. The van der Waals surface area contributed by atoms with Crippen LogP contribution in [0.15, 0.2) is 48.8 Å². The highest BCUT2D eigenvalue weighted by Crippen LogP contribution is 2.30. The van der Waals surface area contributed by atoms with E-state index in [0.717, 1.165) is 17.0 Å². The number of aromatic nitrogens is 3. The van der Waals surface area contributed by atoms with E-state index in [9.17, 15) is 27.2 Å². The number of rotatable bonds is 6. The lowest BCUT2D eigenvalue weighted by Gasteiger charge is -2.30. The van der Waals surface area contributed by atoms with E-state index < -0.39 is 35.9 Å². The molecule has 2 aromatic heterocycles. The van der Waals surface area contributed by atoms with E-state index in [1.54, 1.807) is 30.6 Å². The number of nitrogens with zero attached hydrogens (tertiary/aromatic N) is 4. The smallest absolute Gasteiger partial charge is 0.403 e. The van der Waals surface area contributed by atoms with Crippen LogP contribution in [0.1, 0.15) is 11.6 Å². The fourth-order valence-corrected chi connectivity index (χ4v) is 3.41. The molecule has 1 aliphatic heterocycles. The van der Waals surface area contributed by atoms with Gasteiger partial charge in [-0.05, 0) is 35.9 Å². The summed E-state index contributed by atoms with van der Waals surface area (Å²) < 4.78 is 61.7. The molecule has 0 radical (unpaired) electrons. The predicted octanol–water partition coefficient (Wildman–Crippen LogP) is 3.16. The van der Waals surface area contributed by atoms with Crippen molar-refractivity contribution in [1.29, 1.82) is 0 Å². The lowest BCUT2D eigenvalue weighted by molar-refractivity contribution is -0.275. The maximum absolute atomic E-state index is 14.2. The molecular weight excluding hydrogens is 476 g/mol. The molecule has 1 aliphatic rings. The quantitative estimate of drug-likeness (QED) is 0.510. The number of urea groups is 1. The Bertz CT molecular complexity index is 1240. The third-order valence-electron chi connectivity index (χ3n) is 4.89. The van der Waals surface area contributed by atoms with Crippen molar-refractivity contribution in [2.24, 2.45) is 0 Å². The predicted molar refractivity (Wildman–Crippen MR) is 114 cm³/mol. The summed E-state index contributed by atoms with van der Waals surface area (Å²) in [7, 11) is 1.33. The molecule has 0 fully saturated rings. The van der Waals surface area contributed by atoms with Gasteiger partial charge in [0.2, 0.25) is 5.91 Å². The molecule has 1 atom stereocenters. The number of carbonyl (C=O) groups excluding carboxylic acids is 2. The van der Waals surface area contributed by atoms with Crippen LogP contribution in [-0.2, 0) is 9.53 Å². The van der Waals surface area contributed by atoms with Crippen LogP contribution in [-0.4, -0.2) is 53.3 Å². The Balaban J connectivity index is 1.59. The number of benzene rings is 1. The van der Waals surface area contributed by atoms with Crippen LogP contribution in [0.3, 0.4) is 0 Å². The fourth-order valence-electron chi connectivity index (χ4n) is 3.41. The van der Waals surface area contributed by atoms with Gasteiger partial charge in [0.25, 0.3) is 0 Å². The van der Waals surface area contributed by atoms with Gasteiger partial charge in [0, 0.05) is 19.5 Å². The molecule has 1 aromatic carbocycles. The van der Waals surface area contributed by atoms with Crippen molar-refractivity contribution < 1.29 is 36.6 Å². The number of nitrogens with one attached hydrogen (secondary N) is 2. The maximum atomic E-state index is 14.2. The first-order chi connectivity index (χ1) is 16.6. The zero-order valence-electron chi connectivity index (χ0n) is 18.0. The van der Waals surface area contributed by atoms with Crippen molar-refractivity contribution in [3.05, 3.63) is 60.2 Å². The van der Waals surface area contributed by atoms with E-state index >= 15 is 0 Å². The standard InChI is InChI=1S/C21H18F4N6O4/c1-34-11-15(12-3-5-16(13(22)9-12)35-21(23,24)25)28-20(33)30-10-18(32)27-14-4-6-17(29-19(14)30)31-8-2-7-26-31/h2-9,15H,10-11H2,1H3,(H,27,32)(H,28,33)/t15-/m1/s1. The second-order valence-corrected chi connectivity index (χ2v) is 7.32. The first-order valence-corrected chi connectivity index (χ1v) is 10.1. The second-order valence-electron chi connectivity index (χ2n) is 7.32. The lowest BCUT2D eigenvalue weighted by Crippen LogP contribution is -2.49. The Morgan fingerprint density at radius 2 is 2.09 bits per heavy atom. The molecule has 35 heavy (non-hydrogen) atoms. The molecule has 2 N–H and O–H groups in total. The van der Waals surface area contributed by atoms with Crippen molar-refractivity contribution in [3.8, 4) is 11.6 Å². The van der Waals surface area contributed by atoms with Gasteiger partial charge in [0.05, 0.1) is 18.3 Å². The van der Waals surface area contributed by atoms with Crippen molar-refractivity contribution in [2.45, 2.75) is 12.4 Å². The molecule has 0 spiro atoms. The van der Waals surface area contributed by atoms with Crippen molar-refractivity contribution in [3.63, 3.8) is 0 Å². The van der Waals surface area contributed by atoms with Gasteiger partial charge < -0.3 is 20.1 Å². The normalized spacial score (nSPS) is 14.2. The maximum Gasteiger partial charge on any atom is 0.573 e. The van der Waals surface area contributed by atoms with Crippen LogP contribution >= 0.6 is 0 Å². The summed E-state index contributed by atoms with van der Waals surface area (Å²) in [5.74, 6) is -2.22. The number of methoxy groups -OCH3 is 1. The number of amides is 3. The summed E-state index contributed by atoms with van der Waals surface area (Å²) in [4.78, 5) is 30.8. The van der Waals surface area contributed by atoms with E-state index in [4.69, 9.17) is 4.74 Å². The summed E-state index contributed by atoms with van der Waals surface area (Å²) >= 11 is 0. The van der Waals surface area contributed by atoms with Gasteiger partial charge in [0.1, 0.15) is 6.54 Å². The number of hydrogen-bond acceptors (Lipinski definition) is 6. The summed E-state index contributed by atoms with van der Waals surface area (Å²) in [5.41, 5.74) is 0.405. The highest BCUT2D eigenvalue weighted by atomic mass is 19.4. The Kier molecular flexibility index (Phi) is 6.55. The number of carbonyl (C=O) groups is 2. The first-order valence-electron chi connectivity index (χ1n) is 10.1. The van der Waals surface area contributed by atoms with Crippen LogP contribution in [0, 0.1) is 5.82 Å². The van der Waals surface area contributed by atoms with Crippen molar-refractivity contribution in [2.75, 3.05) is 30.5 Å². The fraction of sp³-hybridized carbons (Fsp3) is 0.238. The van der Waals surface area contributed by atoms with E-state index in [0.29, 0.717) is 5.82 Å². The van der Waals surface area contributed by atoms with Crippen molar-refractivity contribution in [1.82, 2.24) is 20.1 Å². The molecule has 10 nitrogen and oxygen atoms in total. The van der Waals surface area contributed by atoms with Gasteiger partial charge in [-0.2, -0.15) is 5.10 Å². The highest BCUT2D eigenvalue weighted by molar-refractivity contribution is 6.08. The molecule has 184 valence electrons. The monoisotopic (exact) mass is 494 g/mol. The summed E-state index contributed by atoms with van der Waals surface area (Å²) in [5, 5.41) is 9.32. The average molecular weight is 494 g/mol. The number of ether oxygens (including phenoxy) is 2. The van der Waals surface area contributed by atoms with Gasteiger partial charge >= 0.3 is 12.4 Å². The number of hydrogen-bond donors (Lipinski definition) is 2. The number of fused-ring (bicyclic) bond motifs is 1. The average Bonchev–Trinajstić information content (AvgIpc) is 3.33. The van der Waals surface area contributed by atoms with Crippen molar-refractivity contribution >= 4 is 23.4 Å². The van der Waals surface area contributed by atoms with Gasteiger partial charge in [-0.25, -0.2) is 18.9 Å². The van der Waals surface area contributed by atoms with E-state index in [1.165, 1.54) is 17.9 Å². The molecule has 0 saturated heterocycles. The SMILES string of the molecule is COC[C@@H](NC(=O)N1CC(=O)Nc2ccc(-n3cccn3)nc21)c1ccc(OC(F)(F)F)c(F)c1. The summed E-state index contributed by atoms with van der Waals surface area (Å²) in [6.07, 6.45) is -1.87. The third kappa shape index (κ3) is 5.48. The van der Waals surface area contributed by atoms with Gasteiger partial charge in [-0.1, -0.05) is 6.07 Å². The van der Waals surface area contributed by atoms with Gasteiger partial charge in [-0.3, -0.25) is 9.69 Å². The Hall–Kier alpha value is -4.20. The second kappa shape index (κ2) is 9.58. The van der Waals surface area contributed by atoms with Crippen LogP contribution in [0.25, 0.3) is 5.82 Å². The first kappa shape index (κ1) is 23.9. The van der Waals surface area contributed by atoms with Crippen LogP contribution in [0.4, 0.5) is 33.9 Å². The Labute approximate surface area is 195 Å². The van der Waals surface area contributed by atoms with Gasteiger partial charge in [0.15, 0.2) is 23.2 Å².